The molecular weight excluding hydrogens is 442 g/mol. The normalized spacial score (nSPS) is 19.1. The molecule has 1 unspecified atom stereocenters. The van der Waals surface area contributed by atoms with Gasteiger partial charge in [-0.2, -0.15) is 0 Å². The highest BCUT2D eigenvalue weighted by atomic mass is 32.1. The topological polar surface area (TPSA) is 85.3 Å². The van der Waals surface area contributed by atoms with Gasteiger partial charge in [0, 0.05) is 10.4 Å². The Balaban J connectivity index is 1.64. The number of hydrogen-bond donors (Lipinski definition) is 1. The number of aliphatic hydroxyl groups excluding tert-OH is 1. The SMILES string of the molecule is COc1cccc(C2/C(=C(/O)c3ccc4c(c3)OCCO4)C(=O)C(=O)N2Cc2cccs2)c1. The van der Waals surface area contributed by atoms with Gasteiger partial charge in [0.2, 0.25) is 0 Å². The van der Waals surface area contributed by atoms with Crippen LogP contribution in [0, 0.1) is 0 Å². The van der Waals surface area contributed by atoms with Crippen molar-refractivity contribution in [3.05, 3.63) is 81.6 Å². The number of aliphatic hydroxyl groups is 1. The molecule has 3 heterocycles. The van der Waals surface area contributed by atoms with E-state index in [0.717, 1.165) is 4.88 Å². The summed E-state index contributed by atoms with van der Waals surface area (Å²) in [5, 5.41) is 13.2. The van der Waals surface area contributed by atoms with Gasteiger partial charge in [-0.1, -0.05) is 18.2 Å². The largest absolute Gasteiger partial charge is 0.507 e. The lowest BCUT2D eigenvalue weighted by molar-refractivity contribution is -0.140. The maximum Gasteiger partial charge on any atom is 0.295 e. The number of methoxy groups -OCH3 is 1. The van der Waals surface area contributed by atoms with Gasteiger partial charge in [0.25, 0.3) is 11.7 Å². The van der Waals surface area contributed by atoms with Gasteiger partial charge in [0.1, 0.15) is 24.7 Å². The Labute approximate surface area is 194 Å². The standard InChI is InChI=1S/C25H21NO6S/c1-30-17-5-2-4-15(12-17)22-21(24(28)25(29)26(22)14-18-6-3-11-33-18)23(27)16-7-8-19-20(13-16)32-10-9-31-19/h2-8,11-13,22,27H,9-10,14H2,1H3/b23-21-. The summed E-state index contributed by atoms with van der Waals surface area (Å²) in [4.78, 5) is 28.7. The minimum atomic E-state index is -0.768. The number of carbonyl (C=O) groups excluding carboxylic acids is 2. The van der Waals surface area contributed by atoms with E-state index in [1.165, 1.54) is 16.2 Å². The third kappa shape index (κ3) is 3.82. The van der Waals surface area contributed by atoms with Crippen LogP contribution in [0.3, 0.4) is 0 Å². The van der Waals surface area contributed by atoms with Crippen molar-refractivity contribution < 1.29 is 28.9 Å². The Bertz CT molecular complexity index is 1250. The Morgan fingerprint density at radius 2 is 1.91 bits per heavy atom. The molecule has 168 valence electrons. The highest BCUT2D eigenvalue weighted by Crippen LogP contribution is 2.42. The van der Waals surface area contributed by atoms with Crippen LogP contribution in [-0.2, 0) is 16.1 Å². The molecule has 3 aromatic rings. The van der Waals surface area contributed by atoms with Crippen LogP contribution in [0.25, 0.3) is 5.76 Å². The number of ether oxygens (including phenoxy) is 3. The summed E-state index contributed by atoms with van der Waals surface area (Å²) in [5.41, 5.74) is 1.08. The first-order chi connectivity index (χ1) is 16.1. The van der Waals surface area contributed by atoms with Crippen LogP contribution >= 0.6 is 11.3 Å². The van der Waals surface area contributed by atoms with Crippen molar-refractivity contribution in [3.8, 4) is 17.2 Å². The van der Waals surface area contributed by atoms with Crippen molar-refractivity contribution in [1.82, 2.24) is 4.90 Å². The molecule has 0 bridgehead atoms. The third-order valence-electron chi connectivity index (χ3n) is 5.67. The predicted octanol–water partition coefficient (Wildman–Crippen LogP) is 4.15. The number of likely N-dealkylation sites (tertiary alicyclic amines) is 1. The molecule has 8 heteroatoms. The molecule has 2 aliphatic heterocycles. The van der Waals surface area contributed by atoms with Crippen molar-refractivity contribution in [1.29, 1.82) is 0 Å². The van der Waals surface area contributed by atoms with Crippen molar-refractivity contribution in [3.63, 3.8) is 0 Å². The quantitative estimate of drug-likeness (QED) is 0.348. The van der Waals surface area contributed by atoms with Gasteiger partial charge in [-0.25, -0.2) is 0 Å². The second kappa shape index (κ2) is 8.63. The van der Waals surface area contributed by atoms with Crippen LogP contribution in [0.2, 0.25) is 0 Å². The van der Waals surface area contributed by atoms with Crippen molar-refractivity contribution in [2.45, 2.75) is 12.6 Å². The van der Waals surface area contributed by atoms with E-state index in [2.05, 4.69) is 0 Å². The molecule has 2 aliphatic rings. The Morgan fingerprint density at radius 3 is 2.67 bits per heavy atom. The van der Waals surface area contributed by atoms with E-state index in [4.69, 9.17) is 14.2 Å². The van der Waals surface area contributed by atoms with Gasteiger partial charge < -0.3 is 24.2 Å². The van der Waals surface area contributed by atoms with Gasteiger partial charge in [-0.05, 0) is 47.3 Å². The summed E-state index contributed by atoms with van der Waals surface area (Å²) in [7, 11) is 1.55. The number of ketones is 1. The van der Waals surface area contributed by atoms with Crippen LogP contribution in [0.5, 0.6) is 17.2 Å². The maximum absolute atomic E-state index is 13.2. The van der Waals surface area contributed by atoms with E-state index >= 15 is 0 Å². The van der Waals surface area contributed by atoms with Crippen LogP contribution in [0.1, 0.15) is 22.0 Å². The molecule has 1 atom stereocenters. The van der Waals surface area contributed by atoms with E-state index < -0.39 is 17.7 Å². The summed E-state index contributed by atoms with van der Waals surface area (Å²) in [5.74, 6) is -0.00113. The third-order valence-corrected chi connectivity index (χ3v) is 6.53. The number of fused-ring (bicyclic) bond motifs is 1. The van der Waals surface area contributed by atoms with E-state index in [9.17, 15) is 14.7 Å². The molecule has 1 aromatic heterocycles. The molecule has 7 nitrogen and oxygen atoms in total. The molecule has 0 aliphatic carbocycles. The highest BCUT2D eigenvalue weighted by molar-refractivity contribution is 7.09. The minimum absolute atomic E-state index is 0.0292. The van der Waals surface area contributed by atoms with Crippen molar-refractivity contribution in [2.75, 3.05) is 20.3 Å². The van der Waals surface area contributed by atoms with E-state index in [1.807, 2.05) is 23.6 Å². The smallest absolute Gasteiger partial charge is 0.295 e. The number of carbonyl (C=O) groups is 2. The van der Waals surface area contributed by atoms with Crippen molar-refractivity contribution in [2.24, 2.45) is 0 Å². The van der Waals surface area contributed by atoms with Gasteiger partial charge in [-0.3, -0.25) is 9.59 Å². The number of hydrogen-bond acceptors (Lipinski definition) is 7. The van der Waals surface area contributed by atoms with E-state index in [0.29, 0.717) is 41.6 Å². The Kier molecular flexibility index (Phi) is 5.51. The van der Waals surface area contributed by atoms with Crippen LogP contribution < -0.4 is 14.2 Å². The molecular formula is C25H21NO6S. The Hall–Kier alpha value is -3.78. The maximum atomic E-state index is 13.2. The zero-order valence-corrected chi connectivity index (χ0v) is 18.6. The summed E-state index contributed by atoms with van der Waals surface area (Å²) >= 11 is 1.50. The van der Waals surface area contributed by atoms with Crippen molar-refractivity contribution >= 4 is 28.8 Å². The second-order valence-electron chi connectivity index (χ2n) is 7.64. The number of rotatable bonds is 5. The number of thiophene rings is 1. The predicted molar refractivity (Wildman–Crippen MR) is 123 cm³/mol. The first-order valence-corrected chi connectivity index (χ1v) is 11.3. The monoisotopic (exact) mass is 463 g/mol. The zero-order valence-electron chi connectivity index (χ0n) is 17.8. The average molecular weight is 464 g/mol. The fraction of sp³-hybridized carbons (Fsp3) is 0.200. The van der Waals surface area contributed by atoms with E-state index in [-0.39, 0.29) is 17.9 Å². The number of Topliss-reactive ketones (excluding diaryl/α,β-unsaturated/α-hetero) is 1. The summed E-state index contributed by atoms with van der Waals surface area (Å²) < 4.78 is 16.5. The van der Waals surface area contributed by atoms with Gasteiger partial charge in [0.15, 0.2) is 11.5 Å². The number of nitrogens with zero attached hydrogens (tertiary/aromatic N) is 1. The second-order valence-corrected chi connectivity index (χ2v) is 8.67. The molecule has 0 saturated carbocycles. The lowest BCUT2D eigenvalue weighted by atomic mass is 9.95. The minimum Gasteiger partial charge on any atom is -0.507 e. The highest BCUT2D eigenvalue weighted by Gasteiger charge is 2.46. The molecule has 1 saturated heterocycles. The molecule has 33 heavy (non-hydrogen) atoms. The van der Waals surface area contributed by atoms with Crippen LogP contribution in [-0.4, -0.2) is 42.0 Å². The van der Waals surface area contributed by atoms with Gasteiger partial charge in [0.05, 0.1) is 25.3 Å². The number of benzene rings is 2. The molecule has 1 fully saturated rings. The molecule has 5 rings (SSSR count). The zero-order chi connectivity index (χ0) is 22.9. The summed E-state index contributed by atoms with van der Waals surface area (Å²) in [6, 6.07) is 15.2. The first-order valence-electron chi connectivity index (χ1n) is 10.4. The Morgan fingerprint density at radius 1 is 1.09 bits per heavy atom. The van der Waals surface area contributed by atoms with Gasteiger partial charge in [-0.15, -0.1) is 11.3 Å². The fourth-order valence-corrected chi connectivity index (χ4v) is 4.82. The number of amides is 1. The molecule has 0 spiro atoms. The first kappa shape index (κ1) is 21.1. The van der Waals surface area contributed by atoms with Crippen LogP contribution in [0.4, 0.5) is 0 Å². The lowest BCUT2D eigenvalue weighted by Gasteiger charge is -2.25. The molecule has 1 N–H and O–H groups in total. The summed E-state index contributed by atoms with van der Waals surface area (Å²) in [6.07, 6.45) is 0. The lowest BCUT2D eigenvalue weighted by Crippen LogP contribution is -2.28. The molecule has 2 aromatic carbocycles. The summed E-state index contributed by atoms with van der Waals surface area (Å²) in [6.45, 7) is 1.09. The van der Waals surface area contributed by atoms with Crippen LogP contribution in [0.15, 0.2) is 65.6 Å². The van der Waals surface area contributed by atoms with Gasteiger partial charge >= 0.3 is 0 Å². The molecule has 1 amide bonds. The average Bonchev–Trinajstić information content (AvgIpc) is 3.45. The van der Waals surface area contributed by atoms with E-state index in [1.54, 1.807) is 43.5 Å². The fourth-order valence-electron chi connectivity index (χ4n) is 4.12. The molecule has 0 radical (unpaired) electrons.